The van der Waals surface area contributed by atoms with Gasteiger partial charge in [0.1, 0.15) is 17.8 Å². The van der Waals surface area contributed by atoms with Gasteiger partial charge in [-0.2, -0.15) is 0 Å². The summed E-state index contributed by atoms with van der Waals surface area (Å²) in [5, 5.41) is 45.3. The van der Waals surface area contributed by atoms with Crippen LogP contribution in [0.15, 0.2) is 23.2 Å². The van der Waals surface area contributed by atoms with E-state index in [1.807, 2.05) is 0 Å². The second-order valence-corrected chi connectivity index (χ2v) is 17.7. The molecular formula is C42H57N7O13S. The van der Waals surface area contributed by atoms with Crippen LogP contribution in [0.1, 0.15) is 65.4 Å². The number of carbonyl (C=O) groups is 9. The van der Waals surface area contributed by atoms with Crippen molar-refractivity contribution in [3.8, 4) is 5.75 Å². The smallest absolute Gasteiger partial charge is 0.304 e. The van der Waals surface area contributed by atoms with Crippen LogP contribution in [0.25, 0.3) is 10.9 Å². The molecule has 344 valence electrons. The van der Waals surface area contributed by atoms with Crippen LogP contribution in [-0.4, -0.2) is 147 Å². The summed E-state index contributed by atoms with van der Waals surface area (Å²) in [6.07, 6.45) is -4.51. The van der Waals surface area contributed by atoms with E-state index in [-0.39, 0.29) is 18.6 Å². The maximum atomic E-state index is 14.5. The number of amides is 6. The van der Waals surface area contributed by atoms with E-state index in [1.54, 1.807) is 32.0 Å². The number of carboxylic acids is 1. The second-order valence-electron chi connectivity index (χ2n) is 16.7. The molecule has 5 rings (SSSR count). The Hall–Kier alpha value is -5.54. The number of thioether (sulfide) groups is 1. The second kappa shape index (κ2) is 21.2. The summed E-state index contributed by atoms with van der Waals surface area (Å²) in [7, 11) is 1.47. The first-order valence-corrected chi connectivity index (χ1v) is 22.0. The zero-order valence-corrected chi connectivity index (χ0v) is 36.7. The van der Waals surface area contributed by atoms with E-state index in [1.165, 1.54) is 21.0 Å². The molecule has 2 bridgehead atoms. The average molecular weight is 900 g/mol. The molecule has 1 saturated heterocycles. The maximum Gasteiger partial charge on any atom is 0.304 e. The largest absolute Gasteiger partial charge is 0.497 e. The van der Waals surface area contributed by atoms with Crippen LogP contribution in [-0.2, 0) is 49.6 Å². The molecule has 0 spiro atoms. The molecule has 0 aliphatic carbocycles. The summed E-state index contributed by atoms with van der Waals surface area (Å²) in [4.78, 5) is 128. The maximum absolute atomic E-state index is 14.5. The first-order chi connectivity index (χ1) is 29.8. The van der Waals surface area contributed by atoms with E-state index in [0.29, 0.717) is 33.7 Å². The molecule has 9 N–H and O–H groups in total. The van der Waals surface area contributed by atoms with Gasteiger partial charge in [-0.1, -0.05) is 27.2 Å². The lowest BCUT2D eigenvalue weighted by molar-refractivity contribution is -0.148. The van der Waals surface area contributed by atoms with Gasteiger partial charge in [-0.3, -0.25) is 43.2 Å². The number of ketones is 2. The van der Waals surface area contributed by atoms with E-state index < -0.39 is 152 Å². The van der Waals surface area contributed by atoms with Gasteiger partial charge in [0.2, 0.25) is 35.4 Å². The molecule has 21 heteroatoms. The van der Waals surface area contributed by atoms with Crippen molar-refractivity contribution in [1.29, 1.82) is 0 Å². The molecule has 63 heavy (non-hydrogen) atoms. The van der Waals surface area contributed by atoms with Crippen molar-refractivity contribution in [2.24, 2.45) is 23.7 Å². The Morgan fingerprint density at radius 3 is 2.22 bits per heavy atom. The third kappa shape index (κ3) is 11.9. The van der Waals surface area contributed by atoms with Gasteiger partial charge in [0.15, 0.2) is 11.6 Å². The van der Waals surface area contributed by atoms with Gasteiger partial charge in [-0.15, -0.1) is 11.8 Å². The molecule has 0 radical (unpaired) electrons. The first-order valence-electron chi connectivity index (χ1n) is 21.0. The monoisotopic (exact) mass is 899 g/mol. The van der Waals surface area contributed by atoms with E-state index in [9.17, 15) is 58.5 Å². The number of carbonyl (C=O) groups excluding carboxylic acids is 8. The van der Waals surface area contributed by atoms with Crippen LogP contribution in [0.5, 0.6) is 5.75 Å². The predicted octanol–water partition coefficient (Wildman–Crippen LogP) is -0.825. The fourth-order valence-corrected chi connectivity index (χ4v) is 9.25. The summed E-state index contributed by atoms with van der Waals surface area (Å²) in [5.74, 6) is -11.6. The number of H-pyrrole nitrogens is 1. The van der Waals surface area contributed by atoms with Crippen molar-refractivity contribution >= 4 is 75.6 Å². The van der Waals surface area contributed by atoms with Crippen molar-refractivity contribution < 1.29 is 63.2 Å². The lowest BCUT2D eigenvalue weighted by Gasteiger charge is -2.32. The Bertz CT molecular complexity index is 2110. The number of aliphatic hydroxyl groups excluding tert-OH is 2. The van der Waals surface area contributed by atoms with Crippen molar-refractivity contribution in [1.82, 2.24) is 36.5 Å². The molecule has 1 unspecified atom stereocenters. The van der Waals surface area contributed by atoms with Crippen molar-refractivity contribution in [3.05, 3.63) is 23.8 Å². The van der Waals surface area contributed by atoms with Crippen LogP contribution < -0.4 is 31.3 Å². The number of rotatable bonds is 7. The Morgan fingerprint density at radius 2 is 1.57 bits per heavy atom. The highest BCUT2D eigenvalue weighted by Crippen LogP contribution is 2.35. The summed E-state index contributed by atoms with van der Waals surface area (Å²) in [6, 6.07) is -0.286. The number of aromatic amines is 1. The predicted molar refractivity (Wildman–Crippen MR) is 226 cm³/mol. The minimum absolute atomic E-state index is 0.141. The lowest BCUT2D eigenvalue weighted by Crippen LogP contribution is -2.56. The van der Waals surface area contributed by atoms with Crippen molar-refractivity contribution in [2.75, 3.05) is 32.5 Å². The molecule has 20 nitrogen and oxygen atoms in total. The number of Topliss-reactive ketones (excluding diaryl/α,β-unsaturated/α-hetero) is 2. The van der Waals surface area contributed by atoms with Crippen LogP contribution in [0.2, 0.25) is 0 Å². The standard InChI is InChI=1S/C42H57N7O13S/c1-6-19(2)36-40(60)44-15-33(54)45-29-18-63-41-27(26-8-7-25(62-5)14-28(26)46-41)9-22(38(58)43-16-34(55)47-36)10-32(53)37(20(3)21(4)50)48-39(59)30-13-24(51)17-49(30)42(61)23(11-31(29)52)12-35(56)57/h7-8,14,19-24,29-30,36-37,46,50-51H,6,9-13,15-18H2,1-5H3,(H,43,58)(H,44,60)(H,45,54)(H,47,55)(H,48,59)(H,56,57)/t19-,20-,21-,22+,23-,24+,29-,30?,36-,37-/m0/s1. The summed E-state index contributed by atoms with van der Waals surface area (Å²) in [5.41, 5.74) is 1.06. The highest BCUT2D eigenvalue weighted by molar-refractivity contribution is 7.99. The molecule has 4 heterocycles. The first kappa shape index (κ1) is 48.5. The summed E-state index contributed by atoms with van der Waals surface area (Å²) < 4.78 is 5.43. The number of aromatic nitrogens is 1. The van der Waals surface area contributed by atoms with E-state index >= 15 is 0 Å². The molecule has 1 aromatic heterocycles. The molecule has 2 aromatic rings. The van der Waals surface area contributed by atoms with Gasteiger partial charge in [0.05, 0.1) is 67.4 Å². The molecule has 1 fully saturated rings. The minimum atomic E-state index is -1.56. The number of methoxy groups -OCH3 is 1. The fourth-order valence-electron chi connectivity index (χ4n) is 8.10. The Labute approximate surface area is 367 Å². The van der Waals surface area contributed by atoms with Gasteiger partial charge >= 0.3 is 5.97 Å². The van der Waals surface area contributed by atoms with Gasteiger partial charge in [-0.05, 0) is 37.0 Å². The normalized spacial score (nSPS) is 27.8. The lowest BCUT2D eigenvalue weighted by atomic mass is 9.86. The van der Waals surface area contributed by atoms with E-state index in [4.69, 9.17) is 4.74 Å². The number of hydrogen-bond donors (Lipinski definition) is 9. The van der Waals surface area contributed by atoms with Gasteiger partial charge < -0.3 is 56.5 Å². The number of hydrogen-bond acceptors (Lipinski definition) is 13. The van der Waals surface area contributed by atoms with Gasteiger partial charge in [-0.25, -0.2) is 0 Å². The van der Waals surface area contributed by atoms with Crippen LogP contribution in [0.4, 0.5) is 0 Å². The number of fused-ring (bicyclic) bond motifs is 5. The van der Waals surface area contributed by atoms with Crippen molar-refractivity contribution in [2.45, 2.75) is 108 Å². The molecular weight excluding hydrogens is 843 g/mol. The zero-order valence-electron chi connectivity index (χ0n) is 35.9. The Morgan fingerprint density at radius 1 is 0.889 bits per heavy atom. The van der Waals surface area contributed by atoms with Crippen LogP contribution in [0, 0.1) is 23.7 Å². The Kier molecular flexibility index (Phi) is 16.3. The zero-order chi connectivity index (χ0) is 46.3. The quantitative estimate of drug-likeness (QED) is 0.164. The summed E-state index contributed by atoms with van der Waals surface area (Å²) >= 11 is 1.07. The molecule has 0 saturated carbocycles. The van der Waals surface area contributed by atoms with Crippen molar-refractivity contribution in [3.63, 3.8) is 0 Å². The Balaban J connectivity index is 1.70. The molecule has 3 aliphatic heterocycles. The van der Waals surface area contributed by atoms with E-state index in [0.717, 1.165) is 16.7 Å². The highest BCUT2D eigenvalue weighted by atomic mass is 32.2. The number of benzene rings is 1. The van der Waals surface area contributed by atoms with Gasteiger partial charge in [0, 0.05) is 54.8 Å². The van der Waals surface area contributed by atoms with Gasteiger partial charge in [0.25, 0.3) is 0 Å². The molecule has 10 atom stereocenters. The number of nitrogens with zero attached hydrogens (tertiary/aromatic N) is 1. The number of ether oxygens (including phenoxy) is 1. The summed E-state index contributed by atoms with van der Waals surface area (Å²) in [6.45, 7) is 4.78. The number of carboxylic acid groups (broad SMARTS) is 1. The third-order valence-electron chi connectivity index (χ3n) is 12.1. The number of nitrogens with one attached hydrogen (secondary N) is 6. The SMILES string of the molecule is CC[C@H](C)[C@@H]1NC(=O)CNC(=O)[C@H]2CC(=O)[C@H]([C@@H](C)[C@H](C)O)NC(=O)C3C[C@@H](O)CN3C(=O)[C@H](CC(=O)O)CC(=O)[C@H](CSc3[nH]c4cc(OC)ccc4c3C2)NC(=O)CNC1=O. The van der Waals surface area contributed by atoms with Crippen LogP contribution >= 0.6 is 11.8 Å². The molecule has 1 aromatic carbocycles. The topological polar surface area (TPSA) is 303 Å². The average Bonchev–Trinajstić information content (AvgIpc) is 3.81. The third-order valence-corrected chi connectivity index (χ3v) is 13.3. The molecule has 6 amide bonds. The minimum Gasteiger partial charge on any atom is -0.497 e. The fraction of sp³-hybridized carbons (Fsp3) is 0.595. The number of aliphatic carboxylic acids is 1. The molecule has 3 aliphatic rings. The highest BCUT2D eigenvalue weighted by Gasteiger charge is 2.44. The van der Waals surface area contributed by atoms with E-state index in [2.05, 4.69) is 31.6 Å². The number of aliphatic hydroxyl groups is 2. The van der Waals surface area contributed by atoms with Crippen LogP contribution in [0.3, 0.4) is 0 Å².